The van der Waals surface area contributed by atoms with E-state index < -0.39 is 0 Å². The minimum atomic E-state index is -0.361. The molecule has 0 aliphatic heterocycles. The van der Waals surface area contributed by atoms with Crippen LogP contribution in [0.15, 0.2) is 0 Å². The summed E-state index contributed by atoms with van der Waals surface area (Å²) < 4.78 is 0. The van der Waals surface area contributed by atoms with Gasteiger partial charge in [-0.25, -0.2) is 0 Å². The van der Waals surface area contributed by atoms with Gasteiger partial charge in [0.1, 0.15) is 6.29 Å². The minimum absolute atomic E-state index is 0.149. The molecule has 0 bridgehead atoms. The number of nitrogens with one attached hydrogen (secondary N) is 1. The van der Waals surface area contributed by atoms with Crippen molar-refractivity contribution in [3.63, 3.8) is 0 Å². The van der Waals surface area contributed by atoms with Gasteiger partial charge in [-0.1, -0.05) is 29.8 Å². The third-order valence-electron chi connectivity index (χ3n) is 1.31. The molecule has 0 spiro atoms. The van der Waals surface area contributed by atoms with Crippen LogP contribution in [0.4, 0.5) is 0 Å². The summed E-state index contributed by atoms with van der Waals surface area (Å²) in [6.45, 7) is 3.77. The second kappa shape index (κ2) is 5.29. The van der Waals surface area contributed by atoms with Crippen LogP contribution in [-0.2, 0) is 9.59 Å². The van der Waals surface area contributed by atoms with E-state index in [-0.39, 0.29) is 23.2 Å². The Labute approximate surface area is 74.7 Å². The summed E-state index contributed by atoms with van der Waals surface area (Å²) in [7, 11) is 0. The number of amides is 1. The van der Waals surface area contributed by atoms with Gasteiger partial charge in [0.05, 0.1) is 11.4 Å². The molecule has 0 fully saturated rings. The van der Waals surface area contributed by atoms with Gasteiger partial charge in [0.15, 0.2) is 0 Å². The van der Waals surface area contributed by atoms with Crippen molar-refractivity contribution in [1.29, 1.82) is 0 Å². The second-order valence-electron chi connectivity index (χ2n) is 2.61. The Balaban J connectivity index is 3.87. The number of halogens is 1. The highest BCUT2D eigenvalue weighted by Gasteiger charge is 2.13. The molecule has 0 aromatic rings. The van der Waals surface area contributed by atoms with Crippen LogP contribution in [0.25, 0.3) is 0 Å². The number of carbonyl (C=O) groups is 2. The molecule has 0 aliphatic carbocycles. The molecule has 0 aliphatic rings. The molecular weight excluding hydrogens is 210 g/mol. The highest BCUT2D eigenvalue weighted by molar-refractivity contribution is 9.09. The van der Waals surface area contributed by atoms with Crippen molar-refractivity contribution in [2.45, 2.75) is 19.9 Å². The Morgan fingerprint density at radius 3 is 2.45 bits per heavy atom. The van der Waals surface area contributed by atoms with Crippen LogP contribution in [0.3, 0.4) is 0 Å². The average Bonchev–Trinajstić information content (AvgIpc) is 1.99. The quantitative estimate of drug-likeness (QED) is 0.562. The normalized spacial score (nSPS) is 12.7. The summed E-state index contributed by atoms with van der Waals surface area (Å²) in [5.74, 6) is -0.00806. The van der Waals surface area contributed by atoms with E-state index in [1.807, 2.05) is 13.8 Å². The average molecular weight is 222 g/mol. The maximum absolute atomic E-state index is 10.8. The van der Waals surface area contributed by atoms with E-state index in [2.05, 4.69) is 21.2 Å². The minimum Gasteiger partial charge on any atom is -0.346 e. The molecule has 0 heterocycles. The molecule has 0 aromatic carbocycles. The molecule has 0 radical (unpaired) electrons. The zero-order valence-corrected chi connectivity index (χ0v) is 8.22. The summed E-state index contributed by atoms with van der Waals surface area (Å²) in [4.78, 5) is 21.1. The van der Waals surface area contributed by atoms with E-state index in [0.29, 0.717) is 0 Å². The molecule has 0 rings (SSSR count). The number of rotatable bonds is 4. The first-order valence-electron chi connectivity index (χ1n) is 3.42. The van der Waals surface area contributed by atoms with Crippen LogP contribution >= 0.6 is 15.9 Å². The van der Waals surface area contributed by atoms with E-state index in [4.69, 9.17) is 0 Å². The SMILES string of the molecule is CC(C)[C@@H](C=O)NC(=O)CBr. The first-order chi connectivity index (χ1) is 5.11. The van der Waals surface area contributed by atoms with Crippen molar-refractivity contribution in [2.24, 2.45) is 5.92 Å². The summed E-state index contributed by atoms with van der Waals surface area (Å²) in [6.07, 6.45) is 0.755. The van der Waals surface area contributed by atoms with E-state index in [9.17, 15) is 9.59 Å². The summed E-state index contributed by atoms with van der Waals surface area (Å²) in [6, 6.07) is -0.361. The molecular formula is C7H12BrNO2. The Morgan fingerprint density at radius 2 is 2.18 bits per heavy atom. The number of aldehydes is 1. The van der Waals surface area contributed by atoms with Crippen LogP contribution in [0.5, 0.6) is 0 Å². The molecule has 1 N–H and O–H groups in total. The van der Waals surface area contributed by atoms with Crippen LogP contribution in [0.2, 0.25) is 0 Å². The maximum Gasteiger partial charge on any atom is 0.231 e. The predicted octanol–water partition coefficient (Wildman–Crippen LogP) is 0.721. The molecule has 64 valence electrons. The molecule has 1 atom stereocenters. The fourth-order valence-corrected chi connectivity index (χ4v) is 0.744. The van der Waals surface area contributed by atoms with Gasteiger partial charge in [-0.15, -0.1) is 0 Å². The zero-order valence-electron chi connectivity index (χ0n) is 6.63. The van der Waals surface area contributed by atoms with Crippen molar-refractivity contribution in [3.05, 3.63) is 0 Å². The van der Waals surface area contributed by atoms with Crippen LogP contribution in [0, 0.1) is 5.92 Å². The van der Waals surface area contributed by atoms with Crippen molar-refractivity contribution in [2.75, 3.05) is 5.33 Å². The lowest BCUT2D eigenvalue weighted by Crippen LogP contribution is -2.40. The van der Waals surface area contributed by atoms with Gasteiger partial charge in [-0.2, -0.15) is 0 Å². The zero-order chi connectivity index (χ0) is 8.85. The van der Waals surface area contributed by atoms with Gasteiger partial charge in [-0.05, 0) is 5.92 Å². The lowest BCUT2D eigenvalue weighted by molar-refractivity contribution is -0.122. The topological polar surface area (TPSA) is 46.2 Å². The molecule has 0 unspecified atom stereocenters. The number of hydrogen-bond acceptors (Lipinski definition) is 2. The Kier molecular flexibility index (Phi) is 5.11. The maximum atomic E-state index is 10.8. The van der Waals surface area contributed by atoms with Gasteiger partial charge >= 0.3 is 0 Å². The van der Waals surface area contributed by atoms with Gasteiger partial charge in [0, 0.05) is 0 Å². The summed E-state index contributed by atoms with van der Waals surface area (Å²) in [5.41, 5.74) is 0. The van der Waals surface area contributed by atoms with Crippen molar-refractivity contribution in [1.82, 2.24) is 5.32 Å². The molecule has 1 amide bonds. The monoisotopic (exact) mass is 221 g/mol. The number of hydrogen-bond donors (Lipinski definition) is 1. The first-order valence-corrected chi connectivity index (χ1v) is 4.54. The number of carbonyl (C=O) groups excluding carboxylic acids is 2. The van der Waals surface area contributed by atoms with E-state index in [1.165, 1.54) is 0 Å². The summed E-state index contributed by atoms with van der Waals surface area (Å²) >= 11 is 2.99. The lowest BCUT2D eigenvalue weighted by atomic mass is 10.1. The molecule has 0 saturated carbocycles. The van der Waals surface area contributed by atoms with Crippen molar-refractivity contribution in [3.8, 4) is 0 Å². The fraction of sp³-hybridized carbons (Fsp3) is 0.714. The molecule has 4 heteroatoms. The second-order valence-corrected chi connectivity index (χ2v) is 3.17. The third-order valence-corrected chi connectivity index (χ3v) is 1.82. The molecule has 11 heavy (non-hydrogen) atoms. The van der Waals surface area contributed by atoms with E-state index >= 15 is 0 Å². The smallest absolute Gasteiger partial charge is 0.231 e. The molecule has 0 aromatic heterocycles. The van der Waals surface area contributed by atoms with Crippen LogP contribution < -0.4 is 5.32 Å². The summed E-state index contributed by atoms with van der Waals surface area (Å²) in [5, 5.41) is 2.80. The largest absolute Gasteiger partial charge is 0.346 e. The highest BCUT2D eigenvalue weighted by atomic mass is 79.9. The van der Waals surface area contributed by atoms with Gasteiger partial charge in [-0.3, -0.25) is 4.79 Å². The predicted molar refractivity (Wildman–Crippen MR) is 46.6 cm³/mol. The first kappa shape index (κ1) is 10.6. The Bertz CT molecular complexity index is 147. The third kappa shape index (κ3) is 4.14. The van der Waals surface area contributed by atoms with Crippen LogP contribution in [-0.4, -0.2) is 23.6 Å². The molecule has 3 nitrogen and oxygen atoms in total. The van der Waals surface area contributed by atoms with E-state index in [0.717, 1.165) is 6.29 Å². The highest BCUT2D eigenvalue weighted by Crippen LogP contribution is 1.98. The number of alkyl halides is 1. The van der Waals surface area contributed by atoms with Gasteiger partial charge in [0.25, 0.3) is 0 Å². The van der Waals surface area contributed by atoms with Gasteiger partial charge in [0.2, 0.25) is 5.91 Å². The van der Waals surface area contributed by atoms with Gasteiger partial charge < -0.3 is 10.1 Å². The van der Waals surface area contributed by atoms with Crippen LogP contribution in [0.1, 0.15) is 13.8 Å². The van der Waals surface area contributed by atoms with Crippen molar-refractivity contribution < 1.29 is 9.59 Å². The standard InChI is InChI=1S/C7H12BrNO2/c1-5(2)6(4-10)9-7(11)3-8/h4-6H,3H2,1-2H3,(H,9,11)/t6-/m1/s1. The Morgan fingerprint density at radius 1 is 1.64 bits per heavy atom. The lowest BCUT2D eigenvalue weighted by Gasteiger charge is -2.14. The van der Waals surface area contributed by atoms with E-state index in [1.54, 1.807) is 0 Å². The molecule has 0 saturated heterocycles. The fourth-order valence-electron chi connectivity index (χ4n) is 0.582. The Hall–Kier alpha value is -0.380. The van der Waals surface area contributed by atoms with Crippen molar-refractivity contribution >= 4 is 28.1 Å².